The second kappa shape index (κ2) is 9.36. The van der Waals surface area contributed by atoms with Gasteiger partial charge in [-0.2, -0.15) is 9.78 Å². The van der Waals surface area contributed by atoms with Crippen molar-refractivity contribution in [3.63, 3.8) is 0 Å². The van der Waals surface area contributed by atoms with Gasteiger partial charge >= 0.3 is 0 Å². The number of nitrogens with one attached hydrogen (secondary N) is 2. The number of hydrogen-bond acceptors (Lipinski definition) is 6. The summed E-state index contributed by atoms with van der Waals surface area (Å²) in [5.41, 5.74) is 9.32. The Balaban J connectivity index is 1.48. The van der Waals surface area contributed by atoms with Crippen LogP contribution in [0, 0.1) is 12.8 Å². The van der Waals surface area contributed by atoms with E-state index in [-0.39, 0.29) is 24.1 Å². The maximum atomic E-state index is 13.3. The van der Waals surface area contributed by atoms with Crippen molar-refractivity contribution < 1.29 is 4.74 Å². The van der Waals surface area contributed by atoms with Gasteiger partial charge in [-0.05, 0) is 36.8 Å². The second-order valence-electron chi connectivity index (χ2n) is 8.11. The van der Waals surface area contributed by atoms with Crippen molar-refractivity contribution in [1.82, 2.24) is 20.5 Å². The summed E-state index contributed by atoms with van der Waals surface area (Å²) < 4.78 is 7.25. The Morgan fingerprint density at radius 3 is 2.64 bits per heavy atom. The largest absolute Gasteiger partial charge is 0.486 e. The molecule has 0 bridgehead atoms. The van der Waals surface area contributed by atoms with Crippen LogP contribution in [0.4, 0.5) is 0 Å². The van der Waals surface area contributed by atoms with E-state index in [2.05, 4.69) is 52.1 Å². The quantitative estimate of drug-likeness (QED) is 0.449. The molecule has 2 heterocycles. The Bertz CT molecular complexity index is 1330. The zero-order valence-electron chi connectivity index (χ0n) is 18.3. The number of ether oxygens (including phenoxy) is 1. The van der Waals surface area contributed by atoms with Crippen LogP contribution in [0.2, 0.25) is 0 Å². The van der Waals surface area contributed by atoms with E-state index < -0.39 is 0 Å². The highest BCUT2D eigenvalue weighted by atomic mass is 16.5. The molecule has 7 heteroatoms. The fourth-order valence-corrected chi connectivity index (χ4v) is 3.95. The lowest BCUT2D eigenvalue weighted by Gasteiger charge is -2.16. The van der Waals surface area contributed by atoms with Crippen molar-refractivity contribution in [1.29, 1.82) is 0 Å². The topological polar surface area (TPSA) is 80.5 Å². The monoisotopic (exact) mass is 439 g/mol. The second-order valence-corrected chi connectivity index (χ2v) is 8.11. The first-order chi connectivity index (χ1) is 16.2. The maximum absolute atomic E-state index is 13.3. The summed E-state index contributed by atoms with van der Waals surface area (Å²) >= 11 is 0. The number of aryl methyl sites for hydroxylation is 1. The predicted octanol–water partition coefficient (Wildman–Crippen LogP) is 3.58. The van der Waals surface area contributed by atoms with Gasteiger partial charge in [-0.3, -0.25) is 10.2 Å². The van der Waals surface area contributed by atoms with Crippen LogP contribution in [-0.2, 0) is 6.61 Å². The molecule has 4 aromatic rings. The van der Waals surface area contributed by atoms with E-state index >= 15 is 0 Å². The standard InChI is InChI=1S/C26H25N5O2/c1-18-11-13-19(14-12-18)25-20(15-27-30-25)16-28-31-24(17-33-21-7-3-2-4-8-21)29-23-10-6-5-9-22(23)26(31)32/h2-14,16,20,25,27,30H,15,17H2,1H3/b28-16+. The summed E-state index contributed by atoms with van der Waals surface area (Å²) in [6.07, 6.45) is 1.82. The molecule has 2 atom stereocenters. The van der Waals surface area contributed by atoms with E-state index in [0.717, 1.165) is 0 Å². The van der Waals surface area contributed by atoms with Gasteiger partial charge in [-0.25, -0.2) is 10.4 Å². The van der Waals surface area contributed by atoms with Crippen molar-refractivity contribution in [3.05, 3.63) is 106 Å². The van der Waals surface area contributed by atoms with Crippen LogP contribution in [0.3, 0.4) is 0 Å². The first-order valence-corrected chi connectivity index (χ1v) is 11.0. The molecule has 1 aliphatic rings. The Morgan fingerprint density at radius 1 is 1.06 bits per heavy atom. The highest BCUT2D eigenvalue weighted by molar-refractivity contribution is 5.77. The van der Waals surface area contributed by atoms with Crippen molar-refractivity contribution in [2.75, 3.05) is 6.54 Å². The molecule has 3 aromatic carbocycles. The molecule has 33 heavy (non-hydrogen) atoms. The van der Waals surface area contributed by atoms with Crippen molar-refractivity contribution in [2.45, 2.75) is 19.6 Å². The first kappa shape index (κ1) is 21.1. The molecule has 0 radical (unpaired) electrons. The van der Waals surface area contributed by atoms with Gasteiger partial charge in [0.05, 0.1) is 16.9 Å². The summed E-state index contributed by atoms with van der Waals surface area (Å²) in [4.78, 5) is 18.0. The van der Waals surface area contributed by atoms with Crippen molar-refractivity contribution >= 4 is 17.1 Å². The van der Waals surface area contributed by atoms with Gasteiger partial charge in [0.2, 0.25) is 0 Å². The molecule has 1 aliphatic heterocycles. The van der Waals surface area contributed by atoms with E-state index in [4.69, 9.17) is 4.74 Å². The van der Waals surface area contributed by atoms with E-state index in [1.54, 1.807) is 6.07 Å². The first-order valence-electron chi connectivity index (χ1n) is 11.0. The number of fused-ring (bicyclic) bond motifs is 1. The summed E-state index contributed by atoms with van der Waals surface area (Å²) in [7, 11) is 0. The van der Waals surface area contributed by atoms with Gasteiger partial charge in [0.1, 0.15) is 12.4 Å². The fourth-order valence-electron chi connectivity index (χ4n) is 3.95. The van der Waals surface area contributed by atoms with E-state index in [1.165, 1.54) is 15.8 Å². The highest BCUT2D eigenvalue weighted by Crippen LogP contribution is 2.24. The lowest BCUT2D eigenvalue weighted by atomic mass is 9.95. The predicted molar refractivity (Wildman–Crippen MR) is 129 cm³/mol. The SMILES string of the molecule is Cc1ccc(C2NNCC2/C=N/n2c(COc3ccccc3)nc3ccccc3c2=O)cc1. The zero-order valence-corrected chi connectivity index (χ0v) is 18.3. The number of hydrazine groups is 1. The van der Waals surface area contributed by atoms with E-state index in [1.807, 2.05) is 54.7 Å². The smallest absolute Gasteiger partial charge is 0.282 e. The molecule has 0 aliphatic carbocycles. The Morgan fingerprint density at radius 2 is 1.82 bits per heavy atom. The molecule has 2 N–H and O–H groups in total. The number of nitrogens with zero attached hydrogens (tertiary/aromatic N) is 3. The summed E-state index contributed by atoms with van der Waals surface area (Å²) in [5.74, 6) is 1.22. The molecule has 1 aromatic heterocycles. The maximum Gasteiger partial charge on any atom is 0.282 e. The normalized spacial score (nSPS) is 18.2. The minimum atomic E-state index is -0.214. The molecule has 2 unspecified atom stereocenters. The Kier molecular flexibility index (Phi) is 5.97. The molecule has 0 amide bonds. The molecule has 1 saturated heterocycles. The molecule has 7 nitrogen and oxygen atoms in total. The van der Waals surface area contributed by atoms with Crippen LogP contribution in [0.15, 0.2) is 88.8 Å². The van der Waals surface area contributed by atoms with Crippen molar-refractivity contribution in [2.24, 2.45) is 11.0 Å². The van der Waals surface area contributed by atoms with Gasteiger partial charge < -0.3 is 4.74 Å². The lowest BCUT2D eigenvalue weighted by molar-refractivity contribution is 0.289. The van der Waals surface area contributed by atoms with Gasteiger partial charge in [-0.1, -0.05) is 60.2 Å². The number of para-hydroxylation sites is 2. The third-order valence-electron chi connectivity index (χ3n) is 5.77. The Labute approximate surface area is 191 Å². The molecular weight excluding hydrogens is 414 g/mol. The van der Waals surface area contributed by atoms with Crippen LogP contribution in [0.1, 0.15) is 23.0 Å². The van der Waals surface area contributed by atoms with Crippen LogP contribution in [0.25, 0.3) is 10.9 Å². The van der Waals surface area contributed by atoms with Crippen LogP contribution in [0.5, 0.6) is 5.75 Å². The van der Waals surface area contributed by atoms with Crippen LogP contribution >= 0.6 is 0 Å². The number of hydrogen-bond donors (Lipinski definition) is 2. The number of benzene rings is 3. The van der Waals surface area contributed by atoms with E-state index in [0.29, 0.717) is 29.0 Å². The lowest BCUT2D eigenvalue weighted by Crippen LogP contribution is -2.26. The average molecular weight is 440 g/mol. The molecular formula is C26H25N5O2. The van der Waals surface area contributed by atoms with Gasteiger partial charge in [0, 0.05) is 18.7 Å². The third kappa shape index (κ3) is 4.55. The van der Waals surface area contributed by atoms with E-state index in [9.17, 15) is 4.79 Å². The molecule has 166 valence electrons. The summed E-state index contributed by atoms with van der Waals surface area (Å²) in [6, 6.07) is 25.3. The Hall–Kier alpha value is -3.81. The number of rotatable bonds is 6. The average Bonchev–Trinajstić information content (AvgIpc) is 3.32. The van der Waals surface area contributed by atoms with Gasteiger partial charge in [0.15, 0.2) is 5.82 Å². The van der Waals surface area contributed by atoms with Gasteiger partial charge in [0.25, 0.3) is 5.56 Å². The minimum absolute atomic E-state index is 0.0579. The van der Waals surface area contributed by atoms with Crippen LogP contribution in [-0.4, -0.2) is 22.4 Å². The number of aromatic nitrogens is 2. The zero-order chi connectivity index (χ0) is 22.6. The summed E-state index contributed by atoms with van der Waals surface area (Å²) in [6.45, 7) is 2.90. The highest BCUT2D eigenvalue weighted by Gasteiger charge is 2.27. The van der Waals surface area contributed by atoms with Gasteiger partial charge in [-0.15, -0.1) is 0 Å². The molecule has 5 rings (SSSR count). The third-order valence-corrected chi connectivity index (χ3v) is 5.77. The summed E-state index contributed by atoms with van der Waals surface area (Å²) in [5, 5.41) is 5.12. The fraction of sp³-hybridized carbons (Fsp3) is 0.192. The molecule has 0 saturated carbocycles. The van der Waals surface area contributed by atoms with Crippen LogP contribution < -0.4 is 21.1 Å². The minimum Gasteiger partial charge on any atom is -0.486 e. The molecule has 0 spiro atoms. The van der Waals surface area contributed by atoms with Crippen molar-refractivity contribution in [3.8, 4) is 5.75 Å². The molecule has 1 fully saturated rings.